The zero-order chi connectivity index (χ0) is 26.6. The Balaban J connectivity index is 2.39. The van der Waals surface area contributed by atoms with Crippen molar-refractivity contribution in [2.45, 2.75) is 49.0 Å². The van der Waals surface area contributed by atoms with Gasteiger partial charge in [0.05, 0.1) is 21.4 Å². The van der Waals surface area contributed by atoms with E-state index in [1.165, 1.54) is 20.8 Å². The van der Waals surface area contributed by atoms with Gasteiger partial charge < -0.3 is 15.6 Å². The highest BCUT2D eigenvalue weighted by Gasteiger charge is 2.64. The molecule has 0 aliphatic carbocycles. The van der Waals surface area contributed by atoms with E-state index < -0.39 is 80.9 Å². The molecule has 0 amide bonds. The van der Waals surface area contributed by atoms with Gasteiger partial charge in [-0.3, -0.25) is 0 Å². The number of nitrogens with two attached hydrogens (primary N) is 1. The van der Waals surface area contributed by atoms with Crippen molar-refractivity contribution < 1.29 is 44.8 Å². The van der Waals surface area contributed by atoms with Gasteiger partial charge in [0.15, 0.2) is 11.3 Å². The molecule has 194 valence electrons. The van der Waals surface area contributed by atoms with Gasteiger partial charge in [0, 0.05) is 17.7 Å². The Morgan fingerprint density at radius 1 is 1.14 bits per heavy atom. The summed E-state index contributed by atoms with van der Waals surface area (Å²) in [5.41, 5.74) is -4.54. The van der Waals surface area contributed by atoms with Crippen LogP contribution in [-0.4, -0.2) is 44.6 Å². The van der Waals surface area contributed by atoms with Crippen molar-refractivity contribution in [3.8, 4) is 17.0 Å². The van der Waals surface area contributed by atoms with Gasteiger partial charge in [-0.1, -0.05) is 0 Å². The third kappa shape index (κ3) is 4.63. The van der Waals surface area contributed by atoms with Crippen molar-refractivity contribution in [3.05, 3.63) is 47.4 Å². The highest BCUT2D eigenvalue weighted by atomic mass is 32.2. The molecule has 35 heavy (non-hydrogen) atoms. The lowest BCUT2D eigenvalue weighted by Gasteiger charge is -2.35. The van der Waals surface area contributed by atoms with Crippen LogP contribution in [0, 0.1) is 5.82 Å². The number of hydrogen-bond acceptors (Lipinski definition) is 5. The molecule has 1 aromatic heterocycles. The average molecular weight is 529 g/mol. The molecule has 1 aliphatic rings. The standard InChI is InChI=1S/C21H22F7N3O3S/c1-17(2,3)35(33)31-18(20(23,24)25)10-34-16-13(18)8-14(19(32,9-29)21(26,27)28)30-15(16)11-4-6-12(22)7-5-11/h4-8,31-32H,9-10,29H2,1-3H3/t18-,19-,35?/m0/s1. The molecule has 6 nitrogen and oxygen atoms in total. The molecule has 14 heteroatoms. The van der Waals surface area contributed by atoms with Gasteiger partial charge in [0.1, 0.15) is 18.1 Å². The second-order valence-electron chi connectivity index (χ2n) is 8.98. The van der Waals surface area contributed by atoms with Crippen LogP contribution in [0.4, 0.5) is 30.7 Å². The van der Waals surface area contributed by atoms with E-state index in [1.54, 1.807) is 0 Å². The molecule has 0 radical (unpaired) electrons. The predicted octanol–water partition coefficient (Wildman–Crippen LogP) is 3.80. The van der Waals surface area contributed by atoms with Crippen LogP contribution in [0.15, 0.2) is 30.3 Å². The fraction of sp³-hybridized carbons (Fsp3) is 0.476. The van der Waals surface area contributed by atoms with Crippen LogP contribution in [-0.2, 0) is 22.1 Å². The van der Waals surface area contributed by atoms with Crippen LogP contribution in [0.5, 0.6) is 5.75 Å². The largest absolute Gasteiger partial charge is 0.488 e. The first-order chi connectivity index (χ1) is 15.9. The second-order valence-corrected chi connectivity index (χ2v) is 10.9. The minimum atomic E-state index is -5.41. The van der Waals surface area contributed by atoms with Crippen molar-refractivity contribution in [1.29, 1.82) is 0 Å². The smallest absolute Gasteiger partial charge is 0.424 e. The Labute approximate surface area is 198 Å². The lowest BCUT2D eigenvalue weighted by Crippen LogP contribution is -2.58. The first kappa shape index (κ1) is 27.3. The molecular formula is C21H22F7N3O3S. The van der Waals surface area contributed by atoms with Crippen LogP contribution in [0.3, 0.4) is 0 Å². The molecule has 2 aromatic rings. The van der Waals surface area contributed by atoms with Crippen LogP contribution in [0.25, 0.3) is 11.3 Å². The number of rotatable bonds is 5. The number of aromatic nitrogens is 1. The van der Waals surface area contributed by atoms with E-state index in [2.05, 4.69) is 4.98 Å². The Morgan fingerprint density at radius 2 is 1.71 bits per heavy atom. The van der Waals surface area contributed by atoms with E-state index in [-0.39, 0.29) is 5.56 Å². The SMILES string of the molecule is CC(C)(C)S(=O)N[C@@]1(C(F)(F)F)COc2c1cc([C@@](O)(CN)C(F)(F)F)nc2-c1ccc(F)cc1. The minimum Gasteiger partial charge on any atom is -0.488 e. The normalized spacial score (nSPS) is 21.3. The van der Waals surface area contributed by atoms with Crippen molar-refractivity contribution in [2.24, 2.45) is 5.73 Å². The van der Waals surface area contributed by atoms with Crippen molar-refractivity contribution in [2.75, 3.05) is 13.2 Å². The molecule has 0 bridgehead atoms. The van der Waals surface area contributed by atoms with Crippen LogP contribution in [0.2, 0.25) is 0 Å². The van der Waals surface area contributed by atoms with E-state index in [1.807, 2.05) is 4.72 Å². The third-order valence-electron chi connectivity index (χ3n) is 5.48. The minimum absolute atomic E-state index is 0.0824. The molecule has 2 heterocycles. The first-order valence-corrected chi connectivity index (χ1v) is 11.2. The van der Waals surface area contributed by atoms with Crippen molar-refractivity contribution in [1.82, 2.24) is 9.71 Å². The van der Waals surface area contributed by atoms with Gasteiger partial charge in [0.25, 0.3) is 0 Å². The average Bonchev–Trinajstić information content (AvgIpc) is 3.11. The molecule has 1 unspecified atom stereocenters. The number of hydrogen-bond donors (Lipinski definition) is 3. The van der Waals surface area contributed by atoms with E-state index in [0.29, 0.717) is 6.07 Å². The monoisotopic (exact) mass is 529 g/mol. The quantitative estimate of drug-likeness (QED) is 0.512. The molecule has 1 aromatic carbocycles. The summed E-state index contributed by atoms with van der Waals surface area (Å²) in [5.74, 6) is -1.28. The second kappa shape index (κ2) is 8.68. The molecule has 3 atom stereocenters. The summed E-state index contributed by atoms with van der Waals surface area (Å²) in [6.45, 7) is 1.56. The fourth-order valence-corrected chi connectivity index (χ4v) is 4.23. The van der Waals surface area contributed by atoms with Gasteiger partial charge >= 0.3 is 12.4 Å². The molecule has 4 N–H and O–H groups in total. The van der Waals surface area contributed by atoms with Crippen molar-refractivity contribution >= 4 is 11.0 Å². The maximum atomic E-state index is 14.5. The number of ether oxygens (including phenoxy) is 1. The number of alkyl halides is 6. The fourth-order valence-electron chi connectivity index (χ4n) is 3.32. The van der Waals surface area contributed by atoms with E-state index >= 15 is 0 Å². The lowest BCUT2D eigenvalue weighted by atomic mass is 9.88. The van der Waals surface area contributed by atoms with Gasteiger partial charge in [0.2, 0.25) is 5.60 Å². The molecule has 3 rings (SSSR count). The number of nitrogens with one attached hydrogen (secondary N) is 1. The molecule has 0 saturated carbocycles. The van der Waals surface area contributed by atoms with Crippen LogP contribution in [0.1, 0.15) is 32.0 Å². The summed E-state index contributed by atoms with van der Waals surface area (Å²) in [6.07, 6.45) is -10.6. The highest BCUT2D eigenvalue weighted by Crippen LogP contribution is 2.52. The zero-order valence-electron chi connectivity index (χ0n) is 18.6. The Hall–Kier alpha value is -2.29. The van der Waals surface area contributed by atoms with Gasteiger partial charge in [-0.15, -0.1) is 0 Å². The Bertz CT molecular complexity index is 1130. The third-order valence-corrected chi connectivity index (χ3v) is 7.12. The maximum absolute atomic E-state index is 14.5. The molecular weight excluding hydrogens is 507 g/mol. The summed E-state index contributed by atoms with van der Waals surface area (Å²) < 4.78 is 117. The van der Waals surface area contributed by atoms with E-state index in [9.17, 15) is 40.0 Å². The van der Waals surface area contributed by atoms with Crippen LogP contribution < -0.4 is 15.2 Å². The van der Waals surface area contributed by atoms with Crippen LogP contribution >= 0.6 is 0 Å². The zero-order valence-corrected chi connectivity index (χ0v) is 19.5. The Kier molecular flexibility index (Phi) is 6.77. The van der Waals surface area contributed by atoms with Crippen molar-refractivity contribution in [3.63, 3.8) is 0 Å². The van der Waals surface area contributed by atoms with Gasteiger partial charge in [-0.2, -0.15) is 26.3 Å². The summed E-state index contributed by atoms with van der Waals surface area (Å²) in [7, 11) is -2.35. The van der Waals surface area contributed by atoms with E-state index in [0.717, 1.165) is 24.3 Å². The van der Waals surface area contributed by atoms with E-state index in [4.69, 9.17) is 10.5 Å². The summed E-state index contributed by atoms with van der Waals surface area (Å²) in [5, 5.41) is 10.4. The number of nitrogens with zero attached hydrogens (tertiary/aromatic N) is 1. The predicted molar refractivity (Wildman–Crippen MR) is 113 cm³/mol. The molecule has 0 fully saturated rings. The number of benzene rings is 1. The summed E-state index contributed by atoms with van der Waals surface area (Å²) in [6, 6.07) is 4.40. The molecule has 1 aliphatic heterocycles. The summed E-state index contributed by atoms with van der Waals surface area (Å²) >= 11 is 0. The highest BCUT2D eigenvalue weighted by molar-refractivity contribution is 7.84. The summed E-state index contributed by atoms with van der Waals surface area (Å²) in [4.78, 5) is 3.76. The topological polar surface area (TPSA) is 97.5 Å². The number of aliphatic hydroxyl groups is 1. The first-order valence-electron chi connectivity index (χ1n) is 10.1. The number of halogens is 7. The maximum Gasteiger partial charge on any atom is 0.424 e. The lowest BCUT2D eigenvalue weighted by molar-refractivity contribution is -0.263. The van der Waals surface area contributed by atoms with Gasteiger partial charge in [-0.25, -0.2) is 18.3 Å². The molecule has 0 spiro atoms. The Morgan fingerprint density at radius 3 is 2.17 bits per heavy atom. The number of fused-ring (bicyclic) bond motifs is 1. The number of pyridine rings is 1. The van der Waals surface area contributed by atoms with Gasteiger partial charge in [-0.05, 0) is 51.1 Å². The molecule has 0 saturated heterocycles.